The fourth-order valence-electron chi connectivity index (χ4n) is 3.56. The van der Waals surface area contributed by atoms with Crippen LogP contribution in [0, 0.1) is 5.92 Å². The molecule has 0 radical (unpaired) electrons. The molecular formula is C22H27ClN2O. The summed E-state index contributed by atoms with van der Waals surface area (Å²) in [6, 6.07) is 20.0. The number of halogens is 1. The number of amides is 1. The third-order valence-corrected chi connectivity index (χ3v) is 4.85. The van der Waals surface area contributed by atoms with Crippen molar-refractivity contribution in [3.8, 4) is 0 Å². The van der Waals surface area contributed by atoms with Crippen LogP contribution in [0.3, 0.4) is 0 Å². The van der Waals surface area contributed by atoms with Crippen LogP contribution in [0.25, 0.3) is 6.08 Å². The minimum absolute atomic E-state index is 0. The molecule has 2 atom stereocenters. The summed E-state index contributed by atoms with van der Waals surface area (Å²) in [5.41, 5.74) is 2.03. The number of hydrogen-bond donors (Lipinski definition) is 1. The molecule has 2 aromatic rings. The number of quaternary nitrogens is 1. The third kappa shape index (κ3) is 5.72. The van der Waals surface area contributed by atoms with Crippen LogP contribution in [0.5, 0.6) is 0 Å². The van der Waals surface area contributed by atoms with E-state index in [-0.39, 0.29) is 18.3 Å². The Labute approximate surface area is 162 Å². The molecule has 138 valence electrons. The Balaban J connectivity index is 0.00000243. The molecule has 2 aromatic carbocycles. The largest absolute Gasteiger partial charge is 1.00 e. The van der Waals surface area contributed by atoms with Gasteiger partial charge in [0.25, 0.3) is 5.91 Å². The van der Waals surface area contributed by atoms with E-state index < -0.39 is 0 Å². The second kappa shape index (κ2) is 10.1. The van der Waals surface area contributed by atoms with Gasteiger partial charge < -0.3 is 22.2 Å². The number of anilines is 1. The average Bonchev–Trinajstić information content (AvgIpc) is 2.66. The second-order valence-corrected chi connectivity index (χ2v) is 6.95. The van der Waals surface area contributed by atoms with Crippen molar-refractivity contribution in [1.82, 2.24) is 0 Å². The lowest BCUT2D eigenvalue weighted by Gasteiger charge is -2.31. The summed E-state index contributed by atoms with van der Waals surface area (Å²) in [4.78, 5) is 16.4. The fraction of sp³-hybridized carbons (Fsp3) is 0.318. The average molecular weight is 371 g/mol. The molecule has 1 saturated heterocycles. The summed E-state index contributed by atoms with van der Waals surface area (Å²) in [7, 11) is 2.25. The van der Waals surface area contributed by atoms with E-state index in [9.17, 15) is 4.79 Å². The highest BCUT2D eigenvalue weighted by Crippen LogP contribution is 2.19. The highest BCUT2D eigenvalue weighted by Gasteiger charge is 2.25. The lowest BCUT2D eigenvalue weighted by atomic mass is 9.97. The Morgan fingerprint density at radius 1 is 1.12 bits per heavy atom. The summed E-state index contributed by atoms with van der Waals surface area (Å²) in [5, 5.41) is 0. The molecule has 4 heteroatoms. The Morgan fingerprint density at radius 3 is 2.42 bits per heavy atom. The second-order valence-electron chi connectivity index (χ2n) is 6.95. The van der Waals surface area contributed by atoms with Crippen LogP contribution < -0.4 is 22.2 Å². The van der Waals surface area contributed by atoms with Gasteiger partial charge in [-0.3, -0.25) is 4.79 Å². The van der Waals surface area contributed by atoms with Gasteiger partial charge in [-0.15, -0.1) is 0 Å². The van der Waals surface area contributed by atoms with Gasteiger partial charge in [0.15, 0.2) is 0 Å². The molecule has 3 nitrogen and oxygen atoms in total. The van der Waals surface area contributed by atoms with E-state index in [0.717, 1.165) is 24.3 Å². The molecule has 1 aliphatic rings. The van der Waals surface area contributed by atoms with Crippen molar-refractivity contribution in [2.24, 2.45) is 5.92 Å². The summed E-state index contributed by atoms with van der Waals surface area (Å²) in [6.45, 7) is 3.17. The highest BCUT2D eigenvalue weighted by atomic mass is 35.5. The van der Waals surface area contributed by atoms with Gasteiger partial charge in [-0.05, 0) is 36.6 Å². The molecule has 1 heterocycles. The maximum Gasteiger partial charge on any atom is 0.251 e. The van der Waals surface area contributed by atoms with E-state index in [0.29, 0.717) is 5.92 Å². The summed E-state index contributed by atoms with van der Waals surface area (Å²) in [5.74, 6) is 0.612. The molecular weight excluding hydrogens is 344 g/mol. The maximum absolute atomic E-state index is 12.9. The van der Waals surface area contributed by atoms with Crippen molar-refractivity contribution < 1.29 is 22.1 Å². The normalized spacial score (nSPS) is 19.7. The van der Waals surface area contributed by atoms with Gasteiger partial charge in [-0.1, -0.05) is 48.5 Å². The van der Waals surface area contributed by atoms with E-state index in [2.05, 4.69) is 7.05 Å². The Kier molecular flexibility index (Phi) is 7.89. The van der Waals surface area contributed by atoms with E-state index >= 15 is 0 Å². The standard InChI is InChI=1S/C22H26N2O.ClH/c1-23-16-8-11-20(17-23)18-24(21-12-6-3-7-13-21)22(25)15-14-19-9-4-2-5-10-19;/h2-7,9-10,12-15,20H,8,11,16-18H2,1H3;1H/b15-14+;. The Morgan fingerprint density at radius 2 is 1.77 bits per heavy atom. The minimum Gasteiger partial charge on any atom is -1.00 e. The van der Waals surface area contributed by atoms with Crippen LogP contribution in [-0.4, -0.2) is 32.6 Å². The number of nitrogens with one attached hydrogen (secondary N) is 1. The molecule has 1 N–H and O–H groups in total. The number of benzene rings is 2. The third-order valence-electron chi connectivity index (χ3n) is 4.85. The van der Waals surface area contributed by atoms with Gasteiger partial charge in [-0.2, -0.15) is 0 Å². The molecule has 1 aliphatic heterocycles. The van der Waals surface area contributed by atoms with Crippen molar-refractivity contribution in [2.75, 3.05) is 31.6 Å². The summed E-state index contributed by atoms with van der Waals surface area (Å²) >= 11 is 0. The van der Waals surface area contributed by atoms with E-state index in [1.54, 1.807) is 11.0 Å². The summed E-state index contributed by atoms with van der Waals surface area (Å²) < 4.78 is 0. The van der Waals surface area contributed by atoms with Gasteiger partial charge in [0.1, 0.15) is 0 Å². The number of piperidine rings is 1. The van der Waals surface area contributed by atoms with E-state index in [1.807, 2.05) is 71.6 Å². The molecule has 3 rings (SSSR count). The van der Waals surface area contributed by atoms with Crippen LogP contribution in [0.1, 0.15) is 18.4 Å². The first-order valence-corrected chi connectivity index (χ1v) is 9.13. The number of carbonyl (C=O) groups is 1. The van der Waals surface area contributed by atoms with Gasteiger partial charge in [0.05, 0.1) is 20.1 Å². The van der Waals surface area contributed by atoms with Gasteiger partial charge >= 0.3 is 0 Å². The molecule has 1 amide bonds. The Hall–Kier alpha value is -2.10. The lowest BCUT2D eigenvalue weighted by Crippen LogP contribution is -3.10. The van der Waals surface area contributed by atoms with E-state index in [1.165, 1.54) is 19.4 Å². The first-order chi connectivity index (χ1) is 12.2. The zero-order chi connectivity index (χ0) is 17.5. The number of likely N-dealkylation sites (tertiary alicyclic amines) is 1. The number of para-hydroxylation sites is 1. The molecule has 0 aromatic heterocycles. The van der Waals surface area contributed by atoms with Crippen molar-refractivity contribution in [3.63, 3.8) is 0 Å². The lowest BCUT2D eigenvalue weighted by molar-refractivity contribution is -0.888. The number of nitrogens with zero attached hydrogens (tertiary/aromatic N) is 1. The van der Waals surface area contributed by atoms with Gasteiger partial charge in [0, 0.05) is 24.2 Å². The molecule has 0 spiro atoms. The molecule has 1 fully saturated rings. The van der Waals surface area contributed by atoms with Crippen molar-refractivity contribution in [1.29, 1.82) is 0 Å². The SMILES string of the molecule is C[NH+]1CCCC(CN(C(=O)/C=C/c2ccccc2)c2ccccc2)C1.[Cl-]. The number of rotatable bonds is 5. The van der Waals surface area contributed by atoms with Crippen molar-refractivity contribution >= 4 is 17.7 Å². The van der Waals surface area contributed by atoms with Crippen LogP contribution in [0.2, 0.25) is 0 Å². The van der Waals surface area contributed by atoms with Crippen LogP contribution >= 0.6 is 0 Å². The zero-order valence-corrected chi connectivity index (χ0v) is 16.0. The highest BCUT2D eigenvalue weighted by molar-refractivity contribution is 6.03. The van der Waals surface area contributed by atoms with Crippen molar-refractivity contribution in [2.45, 2.75) is 12.8 Å². The molecule has 0 aliphatic carbocycles. The number of hydrogen-bond acceptors (Lipinski definition) is 1. The van der Waals surface area contributed by atoms with Crippen LogP contribution in [-0.2, 0) is 4.79 Å². The predicted octanol–water partition coefficient (Wildman–Crippen LogP) is -0.338. The summed E-state index contributed by atoms with van der Waals surface area (Å²) in [6.07, 6.45) is 6.04. The molecule has 0 saturated carbocycles. The van der Waals surface area contributed by atoms with Crippen molar-refractivity contribution in [3.05, 3.63) is 72.3 Å². The quantitative estimate of drug-likeness (QED) is 0.716. The fourth-order valence-corrected chi connectivity index (χ4v) is 3.56. The molecule has 26 heavy (non-hydrogen) atoms. The topological polar surface area (TPSA) is 24.8 Å². The first-order valence-electron chi connectivity index (χ1n) is 9.13. The Bertz CT molecular complexity index is 703. The maximum atomic E-state index is 12.9. The zero-order valence-electron chi connectivity index (χ0n) is 15.3. The number of carbonyl (C=O) groups excluding carboxylic acids is 1. The predicted molar refractivity (Wildman–Crippen MR) is 104 cm³/mol. The monoisotopic (exact) mass is 370 g/mol. The van der Waals surface area contributed by atoms with Crippen LogP contribution in [0.4, 0.5) is 5.69 Å². The minimum atomic E-state index is 0. The molecule has 2 unspecified atom stereocenters. The smallest absolute Gasteiger partial charge is 0.251 e. The van der Waals surface area contributed by atoms with Crippen LogP contribution in [0.15, 0.2) is 66.7 Å². The van der Waals surface area contributed by atoms with Gasteiger partial charge in [0.2, 0.25) is 0 Å². The first kappa shape index (κ1) is 20.2. The molecule has 0 bridgehead atoms. The van der Waals surface area contributed by atoms with Gasteiger partial charge in [-0.25, -0.2) is 0 Å². The van der Waals surface area contributed by atoms with E-state index in [4.69, 9.17) is 0 Å².